The van der Waals surface area contributed by atoms with E-state index >= 15 is 0 Å². The van der Waals surface area contributed by atoms with Crippen LogP contribution in [0.3, 0.4) is 0 Å². The summed E-state index contributed by atoms with van der Waals surface area (Å²) in [6, 6.07) is 7.20. The maximum absolute atomic E-state index is 12.1. The molecule has 1 fully saturated rings. The first-order valence-corrected chi connectivity index (χ1v) is 7.16. The molecule has 2 atom stereocenters. The Morgan fingerprint density at radius 2 is 2.37 bits per heavy atom. The Kier molecular flexibility index (Phi) is 4.96. The van der Waals surface area contributed by atoms with Crippen LogP contribution in [0.15, 0.2) is 28.7 Å². The van der Waals surface area contributed by atoms with Gasteiger partial charge in [0, 0.05) is 11.0 Å². The van der Waals surface area contributed by atoms with Crippen molar-refractivity contribution in [3.63, 3.8) is 0 Å². The van der Waals surface area contributed by atoms with Crippen LogP contribution in [0.2, 0.25) is 0 Å². The van der Waals surface area contributed by atoms with E-state index < -0.39 is 6.04 Å². The van der Waals surface area contributed by atoms with E-state index in [2.05, 4.69) is 15.9 Å². The van der Waals surface area contributed by atoms with Crippen molar-refractivity contribution in [2.75, 3.05) is 20.2 Å². The van der Waals surface area contributed by atoms with E-state index in [0.717, 1.165) is 29.4 Å². The maximum Gasteiger partial charge on any atom is 0.327 e. The fourth-order valence-electron chi connectivity index (χ4n) is 2.50. The minimum absolute atomic E-state index is 0.285. The zero-order chi connectivity index (χ0) is 13.8. The van der Waals surface area contributed by atoms with Gasteiger partial charge in [0.15, 0.2) is 0 Å². The van der Waals surface area contributed by atoms with Crippen molar-refractivity contribution in [2.45, 2.75) is 25.0 Å². The van der Waals surface area contributed by atoms with Crippen LogP contribution in [0.5, 0.6) is 0 Å². The van der Waals surface area contributed by atoms with Crippen LogP contribution in [0.4, 0.5) is 0 Å². The topological polar surface area (TPSA) is 49.8 Å². The number of aliphatic hydroxyl groups is 1. The Labute approximate surface area is 121 Å². The number of rotatable bonds is 3. The van der Waals surface area contributed by atoms with E-state index in [0.29, 0.717) is 6.54 Å². The molecule has 1 aliphatic rings. The third-order valence-corrected chi connectivity index (χ3v) is 3.88. The van der Waals surface area contributed by atoms with Crippen molar-refractivity contribution < 1.29 is 14.6 Å². The molecule has 19 heavy (non-hydrogen) atoms. The fraction of sp³-hybridized carbons (Fsp3) is 0.500. The van der Waals surface area contributed by atoms with Crippen LogP contribution in [-0.2, 0) is 9.53 Å². The van der Waals surface area contributed by atoms with Crippen molar-refractivity contribution >= 4 is 21.9 Å². The molecule has 0 spiro atoms. The number of esters is 1. The van der Waals surface area contributed by atoms with Gasteiger partial charge in [-0.15, -0.1) is 0 Å². The average molecular weight is 328 g/mol. The molecule has 1 N–H and O–H groups in total. The third kappa shape index (κ3) is 3.55. The van der Waals surface area contributed by atoms with Crippen molar-refractivity contribution in [1.82, 2.24) is 4.90 Å². The second-order valence-electron chi connectivity index (χ2n) is 4.77. The lowest BCUT2D eigenvalue weighted by molar-refractivity contribution is -0.148. The minimum atomic E-state index is -0.447. The molecule has 1 saturated heterocycles. The summed E-state index contributed by atoms with van der Waals surface area (Å²) >= 11 is 3.42. The van der Waals surface area contributed by atoms with Gasteiger partial charge < -0.3 is 9.84 Å². The van der Waals surface area contributed by atoms with E-state index in [9.17, 15) is 9.90 Å². The first-order chi connectivity index (χ1) is 9.11. The van der Waals surface area contributed by atoms with Gasteiger partial charge in [-0.2, -0.15) is 0 Å². The number of benzene rings is 1. The van der Waals surface area contributed by atoms with E-state index in [1.807, 2.05) is 29.2 Å². The van der Waals surface area contributed by atoms with Gasteiger partial charge in [-0.05, 0) is 37.1 Å². The number of hydrogen-bond acceptors (Lipinski definition) is 4. The molecular formula is C14H18BrNO3. The van der Waals surface area contributed by atoms with E-state index in [1.54, 1.807) is 0 Å². The number of piperidine rings is 1. The highest BCUT2D eigenvalue weighted by atomic mass is 79.9. The summed E-state index contributed by atoms with van der Waals surface area (Å²) in [4.78, 5) is 14.1. The fourth-order valence-corrected chi connectivity index (χ4v) is 2.92. The summed E-state index contributed by atoms with van der Waals surface area (Å²) < 4.78 is 5.84. The number of halogens is 1. The molecule has 2 unspecified atom stereocenters. The number of hydrogen-bond donors (Lipinski definition) is 1. The summed E-state index contributed by atoms with van der Waals surface area (Å²) in [5.74, 6) is -0.285. The van der Waals surface area contributed by atoms with Crippen LogP contribution in [-0.4, -0.2) is 42.3 Å². The van der Waals surface area contributed by atoms with Gasteiger partial charge in [-0.1, -0.05) is 28.1 Å². The van der Waals surface area contributed by atoms with Crippen LogP contribution in [0.25, 0.3) is 0 Å². The molecule has 1 heterocycles. The number of β-amino-alcohol motifs (C(OH)–C–C–N with tert-alkyl or cyclic N) is 1. The quantitative estimate of drug-likeness (QED) is 0.864. The summed E-state index contributed by atoms with van der Waals surface area (Å²) in [5, 5.41) is 9.78. The van der Waals surface area contributed by atoms with Crippen molar-refractivity contribution in [3.8, 4) is 0 Å². The van der Waals surface area contributed by atoms with E-state index in [4.69, 9.17) is 4.74 Å². The minimum Gasteiger partial charge on any atom is -0.468 e. The van der Waals surface area contributed by atoms with Gasteiger partial charge in [-0.25, -0.2) is 4.79 Å². The summed E-state index contributed by atoms with van der Waals surface area (Å²) in [7, 11) is 1.40. The van der Waals surface area contributed by atoms with Gasteiger partial charge in [0.05, 0.1) is 13.2 Å². The molecule has 0 bridgehead atoms. The van der Waals surface area contributed by atoms with Crippen molar-refractivity contribution in [1.29, 1.82) is 0 Å². The van der Waals surface area contributed by atoms with Gasteiger partial charge in [0.2, 0.25) is 0 Å². The lowest BCUT2D eigenvalue weighted by Gasteiger charge is -2.35. The second-order valence-corrected chi connectivity index (χ2v) is 5.69. The normalized spacial score (nSPS) is 21.9. The number of carbonyl (C=O) groups is 1. The maximum atomic E-state index is 12.1. The SMILES string of the molecule is COC(=O)C(c1cccc(Br)c1)N1CCCC(O)C1. The van der Waals surface area contributed by atoms with E-state index in [-0.39, 0.29) is 12.1 Å². The molecule has 0 amide bonds. The first-order valence-electron chi connectivity index (χ1n) is 6.37. The Balaban J connectivity index is 2.27. The molecular weight excluding hydrogens is 310 g/mol. The van der Waals surface area contributed by atoms with Crippen LogP contribution in [0, 0.1) is 0 Å². The third-order valence-electron chi connectivity index (χ3n) is 3.38. The predicted octanol–water partition coefficient (Wildman–Crippen LogP) is 2.12. The van der Waals surface area contributed by atoms with Gasteiger partial charge in [0.1, 0.15) is 6.04 Å². The van der Waals surface area contributed by atoms with Gasteiger partial charge in [-0.3, -0.25) is 4.90 Å². The number of ether oxygens (including phenoxy) is 1. The molecule has 1 aromatic rings. The molecule has 2 rings (SSSR count). The highest BCUT2D eigenvalue weighted by Gasteiger charge is 2.31. The molecule has 1 aliphatic heterocycles. The molecule has 5 heteroatoms. The summed E-state index contributed by atoms with van der Waals surface area (Å²) in [5.41, 5.74) is 0.885. The van der Waals surface area contributed by atoms with Crippen LogP contribution < -0.4 is 0 Å². The molecule has 0 saturated carbocycles. The second kappa shape index (κ2) is 6.50. The molecule has 4 nitrogen and oxygen atoms in total. The highest BCUT2D eigenvalue weighted by molar-refractivity contribution is 9.10. The number of likely N-dealkylation sites (tertiary alicyclic amines) is 1. The zero-order valence-corrected chi connectivity index (χ0v) is 12.5. The molecule has 104 valence electrons. The lowest BCUT2D eigenvalue weighted by Crippen LogP contribution is -2.43. The van der Waals surface area contributed by atoms with E-state index in [1.165, 1.54) is 7.11 Å². The molecule has 1 aromatic carbocycles. The van der Waals surface area contributed by atoms with Gasteiger partial charge >= 0.3 is 5.97 Å². The first kappa shape index (κ1) is 14.5. The Hall–Kier alpha value is -0.910. The Morgan fingerprint density at radius 3 is 3.00 bits per heavy atom. The predicted molar refractivity (Wildman–Crippen MR) is 75.7 cm³/mol. The molecule has 0 aliphatic carbocycles. The molecule has 0 aromatic heterocycles. The van der Waals surface area contributed by atoms with Crippen LogP contribution in [0.1, 0.15) is 24.4 Å². The summed E-state index contributed by atoms with van der Waals surface area (Å²) in [6.45, 7) is 1.30. The molecule has 0 radical (unpaired) electrons. The average Bonchev–Trinajstić information content (AvgIpc) is 2.39. The zero-order valence-electron chi connectivity index (χ0n) is 10.9. The summed E-state index contributed by atoms with van der Waals surface area (Å²) in [6.07, 6.45) is 1.32. The van der Waals surface area contributed by atoms with Gasteiger partial charge in [0.25, 0.3) is 0 Å². The Bertz CT molecular complexity index is 452. The van der Waals surface area contributed by atoms with Crippen molar-refractivity contribution in [3.05, 3.63) is 34.3 Å². The van der Waals surface area contributed by atoms with Crippen LogP contribution >= 0.6 is 15.9 Å². The standard InChI is InChI=1S/C14H18BrNO3/c1-19-14(18)13(10-4-2-5-11(15)8-10)16-7-3-6-12(17)9-16/h2,4-5,8,12-13,17H,3,6-7,9H2,1H3. The monoisotopic (exact) mass is 327 g/mol. The number of nitrogens with zero attached hydrogens (tertiary/aromatic N) is 1. The largest absolute Gasteiger partial charge is 0.468 e. The number of carbonyl (C=O) groups excluding carboxylic acids is 1. The Morgan fingerprint density at radius 1 is 1.58 bits per heavy atom. The smallest absolute Gasteiger partial charge is 0.327 e. The lowest BCUT2D eigenvalue weighted by atomic mass is 10.0. The van der Waals surface area contributed by atoms with Crippen molar-refractivity contribution in [2.24, 2.45) is 0 Å². The number of methoxy groups -OCH3 is 1. The highest BCUT2D eigenvalue weighted by Crippen LogP contribution is 2.27. The number of aliphatic hydroxyl groups excluding tert-OH is 1.